The third-order valence-electron chi connectivity index (χ3n) is 5.11. The van der Waals surface area contributed by atoms with Crippen molar-refractivity contribution >= 4 is 16.4 Å². The maximum absolute atomic E-state index is 6.59. The van der Waals surface area contributed by atoms with Gasteiger partial charge in [0.25, 0.3) is 0 Å². The van der Waals surface area contributed by atoms with Crippen molar-refractivity contribution in [2.24, 2.45) is 5.92 Å². The molecule has 0 heterocycles. The zero-order valence-corrected chi connectivity index (χ0v) is 21.3. The van der Waals surface area contributed by atoms with Gasteiger partial charge in [-0.1, -0.05) is 76.8 Å². The monoisotopic (exact) mass is 416 g/mol. The summed E-state index contributed by atoms with van der Waals surface area (Å²) in [5.41, 5.74) is 4.72. The number of benzene rings is 1. The lowest BCUT2D eigenvalue weighted by Crippen LogP contribution is -2.44. The van der Waals surface area contributed by atoms with E-state index in [0.717, 1.165) is 6.42 Å². The fourth-order valence-electron chi connectivity index (χ4n) is 2.41. The molecule has 0 saturated heterocycles. The molecule has 4 heteroatoms. The van der Waals surface area contributed by atoms with E-state index in [-0.39, 0.29) is 17.1 Å². The summed E-state index contributed by atoms with van der Waals surface area (Å²) in [5, 5.41) is 0.178. The van der Waals surface area contributed by atoms with E-state index in [0.29, 0.717) is 13.2 Å². The van der Waals surface area contributed by atoms with Crippen LogP contribution in [0.15, 0.2) is 43.0 Å². The molecule has 0 spiro atoms. The van der Waals surface area contributed by atoms with Crippen LogP contribution in [0, 0.1) is 17.4 Å². The first-order chi connectivity index (χ1) is 12.8. The topological polar surface area (TPSA) is 18.5 Å². The standard InChI is InChI=1S/C24H40O2Si2/c1-10-23(26-28(8,9)24(2,3)4)18-22(16-17-27(5,6)7)20-25-19-21-14-12-11-13-15-21/h10-15,22-23H,1,18-20H2,2-9H3/t22-,23-/m0/s1. The molecule has 156 valence electrons. The number of hydrogen-bond acceptors (Lipinski definition) is 2. The van der Waals surface area contributed by atoms with E-state index < -0.39 is 16.4 Å². The Kier molecular flexibility index (Phi) is 9.42. The van der Waals surface area contributed by atoms with E-state index in [1.165, 1.54) is 5.56 Å². The highest BCUT2D eigenvalue weighted by Gasteiger charge is 2.39. The second-order valence-corrected chi connectivity index (χ2v) is 19.6. The lowest BCUT2D eigenvalue weighted by molar-refractivity contribution is 0.0870. The molecule has 1 aromatic rings. The summed E-state index contributed by atoms with van der Waals surface area (Å²) in [6.45, 7) is 23.5. The van der Waals surface area contributed by atoms with Gasteiger partial charge in [-0.25, -0.2) is 0 Å². The fourth-order valence-corrected chi connectivity index (χ4v) is 4.35. The number of rotatable bonds is 9. The lowest BCUT2D eigenvalue weighted by Gasteiger charge is -2.39. The summed E-state index contributed by atoms with van der Waals surface area (Å²) in [6, 6.07) is 10.3. The summed E-state index contributed by atoms with van der Waals surface area (Å²) >= 11 is 0. The van der Waals surface area contributed by atoms with E-state index in [9.17, 15) is 0 Å². The molecule has 0 radical (unpaired) electrons. The van der Waals surface area contributed by atoms with Crippen LogP contribution in [0.2, 0.25) is 37.8 Å². The molecule has 0 amide bonds. The molecule has 0 fully saturated rings. The smallest absolute Gasteiger partial charge is 0.192 e. The molecule has 0 saturated carbocycles. The minimum absolute atomic E-state index is 0.0159. The predicted molar refractivity (Wildman–Crippen MR) is 128 cm³/mol. The van der Waals surface area contributed by atoms with Gasteiger partial charge in [0.2, 0.25) is 0 Å². The molecule has 2 nitrogen and oxygen atoms in total. The first-order valence-corrected chi connectivity index (χ1v) is 16.7. The summed E-state index contributed by atoms with van der Waals surface area (Å²) in [5.74, 6) is 3.67. The largest absolute Gasteiger partial charge is 0.411 e. The molecule has 1 aromatic carbocycles. The van der Waals surface area contributed by atoms with Crippen LogP contribution in [0.3, 0.4) is 0 Å². The van der Waals surface area contributed by atoms with Crippen LogP contribution in [-0.2, 0) is 15.8 Å². The Labute approximate surface area is 175 Å². The Hall–Kier alpha value is -1.13. The Balaban J connectivity index is 2.82. The minimum atomic E-state index is -1.85. The van der Waals surface area contributed by atoms with Crippen molar-refractivity contribution in [3.8, 4) is 11.5 Å². The Morgan fingerprint density at radius 2 is 1.68 bits per heavy atom. The Morgan fingerprint density at radius 1 is 1.07 bits per heavy atom. The molecule has 2 atom stereocenters. The van der Waals surface area contributed by atoms with Gasteiger partial charge in [0, 0.05) is 5.92 Å². The van der Waals surface area contributed by atoms with Crippen molar-refractivity contribution < 1.29 is 9.16 Å². The highest BCUT2D eigenvalue weighted by atomic mass is 28.4. The van der Waals surface area contributed by atoms with E-state index in [4.69, 9.17) is 9.16 Å². The Bertz CT molecular complexity index is 658. The van der Waals surface area contributed by atoms with Crippen LogP contribution < -0.4 is 0 Å². The second kappa shape index (κ2) is 10.6. The average molecular weight is 417 g/mol. The van der Waals surface area contributed by atoms with Crippen LogP contribution in [-0.4, -0.2) is 29.1 Å². The van der Waals surface area contributed by atoms with Crippen LogP contribution in [0.25, 0.3) is 0 Å². The van der Waals surface area contributed by atoms with Gasteiger partial charge in [-0.05, 0) is 30.1 Å². The zero-order valence-electron chi connectivity index (χ0n) is 19.3. The molecule has 28 heavy (non-hydrogen) atoms. The van der Waals surface area contributed by atoms with Crippen molar-refractivity contribution in [1.29, 1.82) is 0 Å². The molecule has 0 aromatic heterocycles. The molecular weight excluding hydrogens is 376 g/mol. The van der Waals surface area contributed by atoms with E-state index in [2.05, 4.69) is 83.7 Å². The average Bonchev–Trinajstić information content (AvgIpc) is 2.57. The van der Waals surface area contributed by atoms with Gasteiger partial charge in [0.15, 0.2) is 8.32 Å². The molecule has 0 aliphatic rings. The molecule has 0 bridgehead atoms. The van der Waals surface area contributed by atoms with Gasteiger partial charge in [0.05, 0.1) is 19.3 Å². The second-order valence-electron chi connectivity index (χ2n) is 10.1. The third kappa shape index (κ3) is 9.38. The minimum Gasteiger partial charge on any atom is -0.411 e. The van der Waals surface area contributed by atoms with E-state index >= 15 is 0 Å². The number of hydrogen-bond donors (Lipinski definition) is 0. The van der Waals surface area contributed by atoms with Crippen molar-refractivity contribution in [2.75, 3.05) is 6.61 Å². The quantitative estimate of drug-likeness (QED) is 0.254. The maximum atomic E-state index is 6.59. The van der Waals surface area contributed by atoms with Gasteiger partial charge in [-0.15, -0.1) is 18.0 Å². The summed E-state index contributed by atoms with van der Waals surface area (Å²) < 4.78 is 12.6. The molecule has 0 aliphatic carbocycles. The number of ether oxygens (including phenoxy) is 1. The van der Waals surface area contributed by atoms with Crippen molar-refractivity contribution in [2.45, 2.75) is 77.7 Å². The van der Waals surface area contributed by atoms with E-state index in [1.807, 2.05) is 24.3 Å². The summed E-state index contributed by atoms with van der Waals surface area (Å²) in [4.78, 5) is 0. The summed E-state index contributed by atoms with van der Waals surface area (Å²) in [6.07, 6.45) is 2.80. The SMILES string of the molecule is C=C[C@@H](C[C@H](C#C[Si](C)(C)C)COCc1ccccc1)O[Si](C)(C)C(C)(C)C. The van der Waals surface area contributed by atoms with Gasteiger partial charge < -0.3 is 9.16 Å². The van der Waals surface area contributed by atoms with Crippen molar-refractivity contribution in [1.82, 2.24) is 0 Å². The van der Waals surface area contributed by atoms with Crippen LogP contribution >= 0.6 is 0 Å². The van der Waals surface area contributed by atoms with Crippen molar-refractivity contribution in [3.05, 3.63) is 48.6 Å². The highest BCUT2D eigenvalue weighted by Crippen LogP contribution is 2.38. The molecule has 0 aliphatic heterocycles. The lowest BCUT2D eigenvalue weighted by atomic mass is 10.0. The van der Waals surface area contributed by atoms with Crippen LogP contribution in [0.1, 0.15) is 32.8 Å². The predicted octanol–water partition coefficient (Wildman–Crippen LogP) is 6.67. The first-order valence-electron chi connectivity index (χ1n) is 10.3. The highest BCUT2D eigenvalue weighted by molar-refractivity contribution is 6.83. The van der Waals surface area contributed by atoms with Gasteiger partial charge in [-0.2, -0.15) is 0 Å². The third-order valence-corrected chi connectivity index (χ3v) is 10.5. The van der Waals surface area contributed by atoms with E-state index in [1.54, 1.807) is 0 Å². The maximum Gasteiger partial charge on any atom is 0.192 e. The normalized spacial score (nSPS) is 14.7. The van der Waals surface area contributed by atoms with Gasteiger partial charge >= 0.3 is 0 Å². The zero-order chi connectivity index (χ0) is 21.4. The van der Waals surface area contributed by atoms with Crippen molar-refractivity contribution in [3.63, 3.8) is 0 Å². The molecular formula is C24H40O2Si2. The van der Waals surface area contributed by atoms with Crippen LogP contribution in [0.4, 0.5) is 0 Å². The van der Waals surface area contributed by atoms with Gasteiger partial charge in [0.1, 0.15) is 8.07 Å². The van der Waals surface area contributed by atoms with Crippen LogP contribution in [0.5, 0.6) is 0 Å². The molecule has 1 rings (SSSR count). The summed E-state index contributed by atoms with van der Waals surface area (Å²) in [7, 11) is -3.29. The molecule has 0 unspecified atom stereocenters. The fraction of sp³-hybridized carbons (Fsp3) is 0.583. The molecule has 0 N–H and O–H groups in total. The Morgan fingerprint density at radius 3 is 2.18 bits per heavy atom. The van der Waals surface area contributed by atoms with Gasteiger partial charge in [-0.3, -0.25) is 0 Å². The first kappa shape index (κ1) is 24.9.